The highest BCUT2D eigenvalue weighted by Gasteiger charge is 2.28. The Hall–Kier alpha value is -1.66. The molecule has 156 valence electrons. The minimum Gasteiger partial charge on any atom is -0.494 e. The zero-order chi connectivity index (χ0) is 20.1. The van der Waals surface area contributed by atoms with Crippen molar-refractivity contribution in [3.05, 3.63) is 29.6 Å². The Bertz CT molecular complexity index is 659. The van der Waals surface area contributed by atoms with Gasteiger partial charge in [0.2, 0.25) is 5.91 Å². The maximum Gasteiger partial charge on any atom is 0.224 e. The molecule has 6 heteroatoms. The van der Waals surface area contributed by atoms with Gasteiger partial charge in [-0.1, -0.05) is 12.5 Å². The normalized spacial score (nSPS) is 28.7. The van der Waals surface area contributed by atoms with Crippen LogP contribution in [0.4, 0.5) is 4.39 Å². The van der Waals surface area contributed by atoms with Gasteiger partial charge < -0.3 is 14.8 Å². The Labute approximate surface area is 167 Å². The van der Waals surface area contributed by atoms with Crippen LogP contribution in [0.5, 0.6) is 5.75 Å². The summed E-state index contributed by atoms with van der Waals surface area (Å²) in [6, 6.07) is 4.90. The summed E-state index contributed by atoms with van der Waals surface area (Å²) in [5, 5.41) is 3.16. The quantitative estimate of drug-likeness (QED) is 0.808. The van der Waals surface area contributed by atoms with E-state index >= 15 is 0 Å². The van der Waals surface area contributed by atoms with Gasteiger partial charge in [-0.15, -0.1) is 0 Å². The van der Waals surface area contributed by atoms with Crippen LogP contribution in [0.25, 0.3) is 0 Å². The van der Waals surface area contributed by atoms with Gasteiger partial charge in [0.15, 0.2) is 11.6 Å². The van der Waals surface area contributed by atoms with Gasteiger partial charge in [-0.25, -0.2) is 4.39 Å². The summed E-state index contributed by atoms with van der Waals surface area (Å²) in [6.07, 6.45) is 5.16. The van der Waals surface area contributed by atoms with Crippen LogP contribution in [0.3, 0.4) is 0 Å². The lowest BCUT2D eigenvalue weighted by molar-refractivity contribution is -0.121. The Kier molecular flexibility index (Phi) is 7.30. The summed E-state index contributed by atoms with van der Waals surface area (Å²) < 4.78 is 24.6. The van der Waals surface area contributed by atoms with Crippen molar-refractivity contribution in [3.63, 3.8) is 0 Å². The standard InChI is InChI=1S/C22H33FN2O3/c1-15-12-25(13-16(2)28-15)14-18-5-4-6-19(9-18)24-22(26)11-17-7-8-21(27-3)20(23)10-17/h7-8,10,15-16,18-19H,4-6,9,11-14H2,1-3H3,(H,24,26)/t15-,16+,18-,19+/m1/s1. The first kappa shape index (κ1) is 21.1. The molecule has 1 aliphatic heterocycles. The van der Waals surface area contributed by atoms with Crippen molar-refractivity contribution in [3.8, 4) is 5.75 Å². The second-order valence-corrected chi connectivity index (χ2v) is 8.42. The van der Waals surface area contributed by atoms with Crippen LogP contribution in [0.15, 0.2) is 18.2 Å². The van der Waals surface area contributed by atoms with Crippen LogP contribution in [0.2, 0.25) is 0 Å². The van der Waals surface area contributed by atoms with E-state index in [1.807, 2.05) is 0 Å². The molecule has 1 amide bonds. The number of halogens is 1. The third kappa shape index (κ3) is 5.92. The zero-order valence-corrected chi connectivity index (χ0v) is 17.2. The lowest BCUT2D eigenvalue weighted by Gasteiger charge is -2.39. The molecule has 1 aliphatic carbocycles. The van der Waals surface area contributed by atoms with Gasteiger partial charge in [0.05, 0.1) is 25.7 Å². The van der Waals surface area contributed by atoms with Crippen molar-refractivity contribution in [1.29, 1.82) is 0 Å². The summed E-state index contributed by atoms with van der Waals surface area (Å²) in [6.45, 7) is 7.32. The maximum absolute atomic E-state index is 13.8. The summed E-state index contributed by atoms with van der Waals surface area (Å²) in [4.78, 5) is 14.9. The molecule has 1 aromatic rings. The van der Waals surface area contributed by atoms with Gasteiger partial charge in [-0.2, -0.15) is 0 Å². The predicted octanol–water partition coefficient (Wildman–Crippen LogP) is 3.16. The Morgan fingerprint density at radius 3 is 2.71 bits per heavy atom. The van der Waals surface area contributed by atoms with Crippen LogP contribution >= 0.6 is 0 Å². The minimum absolute atomic E-state index is 0.0381. The van der Waals surface area contributed by atoms with Gasteiger partial charge in [0.25, 0.3) is 0 Å². The molecule has 5 nitrogen and oxygen atoms in total. The van der Waals surface area contributed by atoms with Crippen molar-refractivity contribution in [2.75, 3.05) is 26.7 Å². The highest BCUT2D eigenvalue weighted by molar-refractivity contribution is 5.78. The number of nitrogens with one attached hydrogen (secondary N) is 1. The predicted molar refractivity (Wildman–Crippen MR) is 107 cm³/mol. The fourth-order valence-corrected chi connectivity index (χ4v) is 4.67. The van der Waals surface area contributed by atoms with Gasteiger partial charge >= 0.3 is 0 Å². The largest absolute Gasteiger partial charge is 0.494 e. The number of methoxy groups -OCH3 is 1. The molecule has 1 N–H and O–H groups in total. The molecule has 1 heterocycles. The second kappa shape index (κ2) is 9.70. The topological polar surface area (TPSA) is 50.8 Å². The van der Waals surface area contributed by atoms with E-state index in [1.165, 1.54) is 19.6 Å². The number of ether oxygens (including phenoxy) is 2. The highest BCUT2D eigenvalue weighted by Crippen LogP contribution is 2.26. The number of carbonyl (C=O) groups is 1. The molecule has 1 saturated heterocycles. The van der Waals surface area contributed by atoms with E-state index in [0.29, 0.717) is 11.5 Å². The number of amides is 1. The monoisotopic (exact) mass is 392 g/mol. The third-order valence-corrected chi connectivity index (χ3v) is 5.74. The summed E-state index contributed by atoms with van der Waals surface area (Å²) in [7, 11) is 1.43. The maximum atomic E-state index is 13.8. The number of morpholine rings is 1. The summed E-state index contributed by atoms with van der Waals surface area (Å²) in [5.41, 5.74) is 0.666. The van der Waals surface area contributed by atoms with Crippen LogP contribution in [-0.2, 0) is 16.0 Å². The molecule has 3 rings (SSSR count). The molecule has 2 aliphatic rings. The molecule has 0 radical (unpaired) electrons. The van der Waals surface area contributed by atoms with Crippen molar-refractivity contribution >= 4 is 5.91 Å². The lowest BCUT2D eigenvalue weighted by atomic mass is 9.85. The molecule has 0 unspecified atom stereocenters. The molecule has 0 bridgehead atoms. The van der Waals surface area contributed by atoms with Crippen molar-refractivity contribution in [2.45, 2.75) is 64.2 Å². The second-order valence-electron chi connectivity index (χ2n) is 8.42. The van der Waals surface area contributed by atoms with E-state index in [1.54, 1.807) is 12.1 Å². The fraction of sp³-hybridized carbons (Fsp3) is 0.682. The van der Waals surface area contributed by atoms with Gasteiger partial charge in [-0.3, -0.25) is 9.69 Å². The molecule has 0 aromatic heterocycles. The molecular weight excluding hydrogens is 359 g/mol. The number of rotatable bonds is 6. The zero-order valence-electron chi connectivity index (χ0n) is 17.2. The van der Waals surface area contributed by atoms with Crippen molar-refractivity contribution < 1.29 is 18.7 Å². The molecule has 2 fully saturated rings. The number of hydrogen-bond acceptors (Lipinski definition) is 4. The van der Waals surface area contributed by atoms with E-state index in [4.69, 9.17) is 9.47 Å². The van der Waals surface area contributed by atoms with Crippen LogP contribution in [0.1, 0.15) is 45.1 Å². The Morgan fingerprint density at radius 2 is 2.04 bits per heavy atom. The number of nitrogens with zero attached hydrogens (tertiary/aromatic N) is 1. The Morgan fingerprint density at radius 1 is 1.29 bits per heavy atom. The average molecular weight is 393 g/mol. The van der Waals surface area contributed by atoms with Crippen LogP contribution in [-0.4, -0.2) is 55.8 Å². The highest BCUT2D eigenvalue weighted by atomic mass is 19.1. The lowest BCUT2D eigenvalue weighted by Crippen LogP contribution is -2.48. The van der Waals surface area contributed by atoms with Gasteiger partial charge in [0, 0.05) is 25.7 Å². The molecular formula is C22H33FN2O3. The average Bonchev–Trinajstić information content (AvgIpc) is 2.61. The van der Waals surface area contributed by atoms with Crippen LogP contribution in [0, 0.1) is 11.7 Å². The van der Waals surface area contributed by atoms with E-state index in [-0.39, 0.29) is 36.3 Å². The van der Waals surface area contributed by atoms with E-state index in [2.05, 4.69) is 24.1 Å². The molecule has 0 spiro atoms. The molecule has 4 atom stereocenters. The smallest absolute Gasteiger partial charge is 0.224 e. The first-order valence-corrected chi connectivity index (χ1v) is 10.4. The fourth-order valence-electron chi connectivity index (χ4n) is 4.67. The number of benzene rings is 1. The van der Waals surface area contributed by atoms with E-state index < -0.39 is 5.82 Å². The van der Waals surface area contributed by atoms with Crippen molar-refractivity contribution in [1.82, 2.24) is 10.2 Å². The Balaban J connectivity index is 1.47. The van der Waals surface area contributed by atoms with Crippen LogP contribution < -0.4 is 10.1 Å². The van der Waals surface area contributed by atoms with Gasteiger partial charge in [-0.05, 0) is 56.7 Å². The van der Waals surface area contributed by atoms with E-state index in [0.717, 1.165) is 38.9 Å². The third-order valence-electron chi connectivity index (χ3n) is 5.74. The van der Waals surface area contributed by atoms with E-state index in [9.17, 15) is 9.18 Å². The number of hydrogen-bond donors (Lipinski definition) is 1. The number of carbonyl (C=O) groups excluding carboxylic acids is 1. The first-order chi connectivity index (χ1) is 13.4. The summed E-state index contributed by atoms with van der Waals surface area (Å²) >= 11 is 0. The first-order valence-electron chi connectivity index (χ1n) is 10.4. The summed E-state index contributed by atoms with van der Waals surface area (Å²) in [5.74, 6) is 0.337. The van der Waals surface area contributed by atoms with Crippen molar-refractivity contribution in [2.24, 2.45) is 5.92 Å². The SMILES string of the molecule is COc1ccc(CC(=O)N[C@H]2CCC[C@@H](CN3C[C@@H](C)O[C@@H](C)C3)C2)cc1F. The minimum atomic E-state index is -0.431. The van der Waals surface area contributed by atoms with Gasteiger partial charge in [0.1, 0.15) is 0 Å². The molecule has 1 saturated carbocycles. The molecule has 1 aromatic carbocycles. The molecule has 28 heavy (non-hydrogen) atoms.